The van der Waals surface area contributed by atoms with E-state index in [1.165, 1.54) is 0 Å². The maximum atomic E-state index is 13.3. The Balaban J connectivity index is 1.34. The third-order valence-corrected chi connectivity index (χ3v) is 8.29. The van der Waals surface area contributed by atoms with E-state index in [-0.39, 0.29) is 11.4 Å². The van der Waals surface area contributed by atoms with Gasteiger partial charge in [0.1, 0.15) is 23.1 Å². The molecule has 3 aliphatic heterocycles. The highest BCUT2D eigenvalue weighted by atomic mass is 35.5. The molecule has 43 heavy (non-hydrogen) atoms. The van der Waals surface area contributed by atoms with E-state index in [0.29, 0.717) is 36.3 Å². The van der Waals surface area contributed by atoms with Crippen LogP contribution < -0.4 is 15.7 Å². The van der Waals surface area contributed by atoms with Crippen molar-refractivity contribution in [2.45, 2.75) is 25.4 Å². The van der Waals surface area contributed by atoms with Crippen LogP contribution in [0.25, 0.3) is 22.5 Å². The number of fused-ring (bicyclic) bond motifs is 3. The SMILES string of the molecule is Cc1ccc(NS(=O)(=O)Cc2cc(C(F)(F)F)c(Cl)cn2)cc1-c1cc2cnc(=Nc3cnn(C)c3)nc-2n2c1NCC2. The number of hydrogen-bond acceptors (Lipinski definition) is 8. The van der Waals surface area contributed by atoms with Crippen LogP contribution in [0.2, 0.25) is 5.02 Å². The first kappa shape index (κ1) is 28.6. The molecule has 0 unspecified atom stereocenters. The van der Waals surface area contributed by atoms with Crippen molar-refractivity contribution in [3.8, 4) is 22.5 Å². The third-order valence-electron chi connectivity index (χ3n) is 6.77. The van der Waals surface area contributed by atoms with Gasteiger partial charge >= 0.3 is 6.18 Å². The summed E-state index contributed by atoms with van der Waals surface area (Å²) in [7, 11) is -2.34. The fraction of sp³-hybridized carbons (Fsp3) is 0.222. The smallest absolute Gasteiger partial charge is 0.369 e. The van der Waals surface area contributed by atoms with E-state index in [9.17, 15) is 21.6 Å². The molecule has 0 atom stereocenters. The highest BCUT2D eigenvalue weighted by Crippen LogP contribution is 2.39. The standard InChI is InChI=1S/C27H23ClF3N9O2S/c1-15-3-4-17(38-43(41,42)14-18-9-22(27(29,30)31)23(28)12-33-18)8-20(15)21-7-16-10-34-26(36-19-11-35-39(2)13-19)37-24(16)40-6-5-32-25(21)40/h3-4,7-13,32,38H,5-6,14H2,1-2H3. The number of hydrogen-bond donors (Lipinski definition) is 2. The molecule has 0 bridgehead atoms. The fourth-order valence-electron chi connectivity index (χ4n) is 4.87. The molecule has 0 amide bonds. The van der Waals surface area contributed by atoms with Crippen LogP contribution in [0.4, 0.5) is 30.4 Å². The van der Waals surface area contributed by atoms with E-state index < -0.39 is 32.5 Å². The van der Waals surface area contributed by atoms with E-state index in [4.69, 9.17) is 11.6 Å². The normalized spacial score (nSPS) is 13.8. The minimum Gasteiger partial charge on any atom is -0.369 e. The lowest BCUT2D eigenvalue weighted by molar-refractivity contribution is -0.137. The Morgan fingerprint density at radius 2 is 1.93 bits per heavy atom. The molecule has 222 valence electrons. The number of pyridine rings is 2. The Morgan fingerprint density at radius 3 is 2.67 bits per heavy atom. The van der Waals surface area contributed by atoms with Gasteiger partial charge in [-0.05, 0) is 42.3 Å². The van der Waals surface area contributed by atoms with Gasteiger partial charge in [0, 0.05) is 49.3 Å². The van der Waals surface area contributed by atoms with E-state index in [2.05, 4.69) is 35.1 Å². The zero-order chi connectivity index (χ0) is 30.5. The minimum atomic E-state index is -4.75. The lowest BCUT2D eigenvalue weighted by atomic mass is 9.98. The van der Waals surface area contributed by atoms with Crippen molar-refractivity contribution in [1.82, 2.24) is 29.3 Å². The molecule has 11 nitrogen and oxygen atoms in total. The molecule has 0 saturated carbocycles. The average molecular weight is 630 g/mol. The van der Waals surface area contributed by atoms with Crippen LogP contribution >= 0.6 is 11.6 Å². The predicted molar refractivity (Wildman–Crippen MR) is 154 cm³/mol. The monoisotopic (exact) mass is 629 g/mol. The van der Waals surface area contributed by atoms with Gasteiger partial charge in [-0.1, -0.05) is 17.7 Å². The number of nitrogens with zero attached hydrogens (tertiary/aromatic N) is 7. The number of benzene rings is 1. The van der Waals surface area contributed by atoms with Gasteiger partial charge < -0.3 is 9.88 Å². The highest BCUT2D eigenvalue weighted by molar-refractivity contribution is 7.91. The number of halogens is 4. The van der Waals surface area contributed by atoms with Crippen molar-refractivity contribution in [3.63, 3.8) is 0 Å². The molecule has 5 heterocycles. The fourth-order valence-corrected chi connectivity index (χ4v) is 6.18. The van der Waals surface area contributed by atoms with Gasteiger partial charge in [-0.15, -0.1) is 0 Å². The lowest BCUT2D eigenvalue weighted by Gasteiger charge is -2.19. The molecule has 0 radical (unpaired) electrons. The van der Waals surface area contributed by atoms with Gasteiger partial charge in [0.15, 0.2) is 0 Å². The van der Waals surface area contributed by atoms with Crippen LogP contribution in [-0.2, 0) is 35.5 Å². The number of aryl methyl sites for hydroxylation is 2. The Bertz CT molecular complexity index is 2020. The maximum Gasteiger partial charge on any atom is 0.417 e. The summed E-state index contributed by atoms with van der Waals surface area (Å²) in [6, 6.07) is 7.59. The van der Waals surface area contributed by atoms with Gasteiger partial charge in [-0.2, -0.15) is 23.3 Å². The number of rotatable bonds is 6. The first-order valence-corrected chi connectivity index (χ1v) is 14.9. The van der Waals surface area contributed by atoms with Crippen LogP contribution in [-0.4, -0.2) is 44.3 Å². The molecule has 1 aromatic carbocycles. The third kappa shape index (κ3) is 5.90. The summed E-state index contributed by atoms with van der Waals surface area (Å²) in [4.78, 5) is 17.3. The molecule has 6 rings (SSSR count). The average Bonchev–Trinajstić information content (AvgIpc) is 3.59. The largest absolute Gasteiger partial charge is 0.417 e. The first-order valence-electron chi connectivity index (χ1n) is 12.9. The number of anilines is 2. The van der Waals surface area contributed by atoms with Crippen LogP contribution in [0.15, 0.2) is 60.1 Å². The van der Waals surface area contributed by atoms with Crippen molar-refractivity contribution in [1.29, 1.82) is 0 Å². The van der Waals surface area contributed by atoms with Crippen LogP contribution in [0.3, 0.4) is 0 Å². The summed E-state index contributed by atoms with van der Waals surface area (Å²) < 4.78 is 71.8. The summed E-state index contributed by atoms with van der Waals surface area (Å²) in [5.41, 5.74) is 2.89. The predicted octanol–water partition coefficient (Wildman–Crippen LogP) is 4.76. The molecule has 3 aliphatic rings. The van der Waals surface area contributed by atoms with Crippen molar-refractivity contribution >= 4 is 38.8 Å². The summed E-state index contributed by atoms with van der Waals surface area (Å²) in [5.74, 6) is 0.708. The molecule has 0 aliphatic carbocycles. The number of nitrogens with one attached hydrogen (secondary N) is 2. The highest BCUT2D eigenvalue weighted by Gasteiger charge is 2.34. The zero-order valence-corrected chi connectivity index (χ0v) is 24.3. The molecule has 3 aromatic rings. The minimum absolute atomic E-state index is 0.240. The molecular weight excluding hydrogens is 607 g/mol. The van der Waals surface area contributed by atoms with E-state index in [1.54, 1.807) is 48.5 Å². The van der Waals surface area contributed by atoms with Crippen molar-refractivity contribution in [2.24, 2.45) is 12.0 Å². The van der Waals surface area contributed by atoms with E-state index in [0.717, 1.165) is 34.3 Å². The Kier molecular flexibility index (Phi) is 7.08. The Morgan fingerprint density at radius 1 is 1.12 bits per heavy atom. The lowest BCUT2D eigenvalue weighted by Crippen LogP contribution is -2.18. The second kappa shape index (κ2) is 10.6. The number of alkyl halides is 3. The molecule has 0 fully saturated rings. The molecule has 16 heteroatoms. The van der Waals surface area contributed by atoms with Crippen LogP contribution in [0.5, 0.6) is 0 Å². The Hall–Kier alpha value is -4.50. The maximum absolute atomic E-state index is 13.3. The molecule has 0 spiro atoms. The summed E-state index contributed by atoms with van der Waals surface area (Å²) in [6.45, 7) is 3.19. The van der Waals surface area contributed by atoms with Crippen molar-refractivity contribution in [2.75, 3.05) is 16.6 Å². The first-order chi connectivity index (χ1) is 20.4. The Labute approximate surface area is 248 Å². The molecule has 2 aromatic heterocycles. The van der Waals surface area contributed by atoms with Crippen LogP contribution in [0, 0.1) is 6.92 Å². The quantitative estimate of drug-likeness (QED) is 0.277. The van der Waals surface area contributed by atoms with Crippen LogP contribution in [0.1, 0.15) is 16.8 Å². The van der Waals surface area contributed by atoms with Gasteiger partial charge in [-0.3, -0.25) is 14.4 Å². The molecule has 0 saturated heterocycles. The van der Waals surface area contributed by atoms with Crippen molar-refractivity contribution in [3.05, 3.63) is 82.6 Å². The number of sulfonamides is 1. The van der Waals surface area contributed by atoms with E-state index >= 15 is 0 Å². The van der Waals surface area contributed by atoms with Crippen molar-refractivity contribution < 1.29 is 21.6 Å². The zero-order valence-electron chi connectivity index (χ0n) is 22.7. The summed E-state index contributed by atoms with van der Waals surface area (Å²) in [6.07, 6.45) is 1.11. The van der Waals surface area contributed by atoms with Gasteiger partial charge in [-0.25, -0.2) is 18.4 Å². The van der Waals surface area contributed by atoms with Gasteiger partial charge in [0.05, 0.1) is 28.7 Å². The topological polar surface area (TPSA) is 132 Å². The second-order valence-electron chi connectivity index (χ2n) is 9.96. The molecule has 2 N–H and O–H groups in total. The molecular formula is C27H23ClF3N9O2S. The van der Waals surface area contributed by atoms with E-state index in [1.807, 2.05) is 17.6 Å². The summed E-state index contributed by atoms with van der Waals surface area (Å²) in [5, 5.41) is 6.89. The number of aromatic nitrogens is 6. The second-order valence-corrected chi connectivity index (χ2v) is 12.1. The van der Waals surface area contributed by atoms with Gasteiger partial charge in [0.2, 0.25) is 10.0 Å². The van der Waals surface area contributed by atoms with Gasteiger partial charge in [0.25, 0.3) is 5.62 Å². The summed E-state index contributed by atoms with van der Waals surface area (Å²) >= 11 is 5.62.